The first-order valence-electron chi connectivity index (χ1n) is 9.25. The Morgan fingerprint density at radius 2 is 1.92 bits per heavy atom. The maximum absolute atomic E-state index is 13.0. The highest BCUT2D eigenvalue weighted by atomic mass is 16.5. The number of carbonyl (C=O) groups is 1. The van der Waals surface area contributed by atoms with E-state index in [1.165, 1.54) is 0 Å². The van der Waals surface area contributed by atoms with Gasteiger partial charge in [0, 0.05) is 50.8 Å². The van der Waals surface area contributed by atoms with Gasteiger partial charge in [0.05, 0.1) is 12.4 Å². The summed E-state index contributed by atoms with van der Waals surface area (Å²) in [6.07, 6.45) is 9.73. The van der Waals surface area contributed by atoms with Crippen LogP contribution in [0.2, 0.25) is 0 Å². The molecule has 6 nitrogen and oxygen atoms in total. The third-order valence-electron chi connectivity index (χ3n) is 5.29. The van der Waals surface area contributed by atoms with E-state index in [1.807, 2.05) is 23.6 Å². The number of carbonyl (C=O) groups excluding carboxylic acids is 1. The second-order valence-corrected chi connectivity index (χ2v) is 7.34. The van der Waals surface area contributed by atoms with Crippen LogP contribution in [0.3, 0.4) is 0 Å². The minimum atomic E-state index is -0.0853. The predicted octanol–water partition coefficient (Wildman–Crippen LogP) is 1.84. The zero-order valence-corrected chi connectivity index (χ0v) is 14.9. The molecule has 0 aromatic carbocycles. The maximum Gasteiger partial charge on any atom is 0.239 e. The Labute approximate surface area is 144 Å². The summed E-state index contributed by atoms with van der Waals surface area (Å²) in [5, 5.41) is 3.60. The molecule has 1 N–H and O–H groups in total. The van der Waals surface area contributed by atoms with E-state index < -0.39 is 0 Å². The first-order valence-corrected chi connectivity index (χ1v) is 9.25. The van der Waals surface area contributed by atoms with Crippen LogP contribution >= 0.6 is 0 Å². The minimum Gasteiger partial charge on any atom is -0.381 e. The Balaban J connectivity index is 1.55. The van der Waals surface area contributed by atoms with E-state index in [0.717, 1.165) is 52.0 Å². The molecule has 1 atom stereocenters. The topological polar surface area (TPSA) is 59.4 Å². The lowest BCUT2D eigenvalue weighted by Gasteiger charge is -2.37. The first-order chi connectivity index (χ1) is 11.6. The number of likely N-dealkylation sites (tertiary alicyclic amines) is 1. The van der Waals surface area contributed by atoms with Crippen molar-refractivity contribution in [3.05, 3.63) is 18.7 Å². The van der Waals surface area contributed by atoms with Gasteiger partial charge >= 0.3 is 0 Å². The van der Waals surface area contributed by atoms with E-state index in [0.29, 0.717) is 18.0 Å². The van der Waals surface area contributed by atoms with Crippen molar-refractivity contribution in [1.29, 1.82) is 0 Å². The molecule has 1 amide bonds. The van der Waals surface area contributed by atoms with Gasteiger partial charge in [0.25, 0.3) is 0 Å². The van der Waals surface area contributed by atoms with Crippen LogP contribution in [-0.2, 0) is 9.53 Å². The van der Waals surface area contributed by atoms with Crippen molar-refractivity contribution in [3.63, 3.8) is 0 Å². The molecular weight excluding hydrogens is 304 g/mol. The fourth-order valence-corrected chi connectivity index (χ4v) is 3.73. The second kappa shape index (κ2) is 8.12. The minimum absolute atomic E-state index is 0.0853. The molecule has 0 saturated carbocycles. The fourth-order valence-electron chi connectivity index (χ4n) is 3.73. The summed E-state index contributed by atoms with van der Waals surface area (Å²) in [6, 6.07) is 0.786. The Morgan fingerprint density at radius 3 is 2.50 bits per heavy atom. The number of amides is 1. The van der Waals surface area contributed by atoms with Crippen molar-refractivity contribution in [2.24, 2.45) is 5.92 Å². The van der Waals surface area contributed by atoms with Crippen LogP contribution in [0.5, 0.6) is 0 Å². The molecule has 0 radical (unpaired) electrons. The lowest BCUT2D eigenvalue weighted by atomic mass is 9.97. The fraction of sp³-hybridized carbons (Fsp3) is 0.778. The average Bonchev–Trinajstić information content (AvgIpc) is 3.14. The van der Waals surface area contributed by atoms with E-state index >= 15 is 0 Å². The number of nitrogens with one attached hydrogen (secondary N) is 1. The summed E-state index contributed by atoms with van der Waals surface area (Å²) in [7, 11) is 0. The molecule has 0 spiro atoms. The van der Waals surface area contributed by atoms with Crippen LogP contribution in [-0.4, -0.2) is 58.7 Å². The summed E-state index contributed by atoms with van der Waals surface area (Å²) in [6.45, 7) is 7.53. The van der Waals surface area contributed by atoms with Gasteiger partial charge in [0.15, 0.2) is 0 Å². The molecule has 0 unspecified atom stereocenters. The zero-order valence-electron chi connectivity index (χ0n) is 14.9. The van der Waals surface area contributed by atoms with Crippen molar-refractivity contribution < 1.29 is 9.53 Å². The van der Waals surface area contributed by atoms with E-state index in [1.54, 1.807) is 0 Å². The third-order valence-corrected chi connectivity index (χ3v) is 5.29. The first kappa shape index (κ1) is 17.4. The van der Waals surface area contributed by atoms with Crippen LogP contribution < -0.4 is 5.32 Å². The molecule has 2 saturated heterocycles. The van der Waals surface area contributed by atoms with Crippen LogP contribution in [0.1, 0.15) is 45.6 Å². The number of ether oxygens (including phenoxy) is 1. The number of aromatic nitrogens is 2. The van der Waals surface area contributed by atoms with Gasteiger partial charge in [-0.3, -0.25) is 4.79 Å². The lowest BCUT2D eigenvalue weighted by molar-refractivity contribution is -0.136. The highest BCUT2D eigenvalue weighted by molar-refractivity contribution is 5.82. The molecule has 1 aromatic heterocycles. The quantitative estimate of drug-likeness (QED) is 0.893. The van der Waals surface area contributed by atoms with E-state index in [-0.39, 0.29) is 11.9 Å². The smallest absolute Gasteiger partial charge is 0.239 e. The van der Waals surface area contributed by atoms with Crippen molar-refractivity contribution >= 4 is 5.91 Å². The molecule has 2 aliphatic heterocycles. The standard InChI is InChI=1S/C18H30N4O2/c1-14(2)17(20-15-5-11-24-12-6-15)18(23)21-8-3-16(4-9-21)22-10-7-19-13-22/h7,10,13-17,20H,3-6,8-9,11-12H2,1-2H3/t17-/m0/s1. The zero-order chi connectivity index (χ0) is 16.9. The summed E-state index contributed by atoms with van der Waals surface area (Å²) in [5.41, 5.74) is 0. The molecule has 1 aromatic rings. The van der Waals surface area contributed by atoms with E-state index in [9.17, 15) is 4.79 Å². The summed E-state index contributed by atoms with van der Waals surface area (Å²) >= 11 is 0. The summed E-state index contributed by atoms with van der Waals surface area (Å²) in [4.78, 5) is 19.2. The maximum atomic E-state index is 13.0. The third kappa shape index (κ3) is 4.16. The number of hydrogen-bond acceptors (Lipinski definition) is 4. The molecule has 24 heavy (non-hydrogen) atoms. The van der Waals surface area contributed by atoms with Gasteiger partial charge in [0.1, 0.15) is 0 Å². The molecule has 2 aliphatic rings. The highest BCUT2D eigenvalue weighted by Crippen LogP contribution is 2.23. The average molecular weight is 334 g/mol. The number of rotatable bonds is 5. The van der Waals surface area contributed by atoms with Crippen molar-refractivity contribution in [2.45, 2.75) is 57.7 Å². The molecule has 3 rings (SSSR count). The summed E-state index contributed by atoms with van der Waals surface area (Å²) in [5.74, 6) is 0.562. The van der Waals surface area contributed by atoms with Gasteiger partial charge in [0.2, 0.25) is 5.91 Å². The normalized spacial score (nSPS) is 22.0. The van der Waals surface area contributed by atoms with Crippen molar-refractivity contribution in [3.8, 4) is 0 Å². The molecule has 0 aliphatic carbocycles. The largest absolute Gasteiger partial charge is 0.381 e. The Kier molecular flexibility index (Phi) is 5.89. The van der Waals surface area contributed by atoms with Gasteiger partial charge in [-0.2, -0.15) is 0 Å². The van der Waals surface area contributed by atoms with Crippen molar-refractivity contribution in [1.82, 2.24) is 19.8 Å². The van der Waals surface area contributed by atoms with Gasteiger partial charge in [-0.25, -0.2) is 4.98 Å². The lowest BCUT2D eigenvalue weighted by Crippen LogP contribution is -2.54. The Bertz CT molecular complexity index is 503. The number of nitrogens with zero attached hydrogens (tertiary/aromatic N) is 3. The predicted molar refractivity (Wildman–Crippen MR) is 92.7 cm³/mol. The van der Waals surface area contributed by atoms with Gasteiger partial charge in [-0.05, 0) is 31.6 Å². The molecular formula is C18H30N4O2. The molecule has 2 fully saturated rings. The SMILES string of the molecule is CC(C)[C@H](NC1CCOCC1)C(=O)N1CCC(n2ccnc2)CC1. The van der Waals surface area contributed by atoms with Gasteiger partial charge in [-0.1, -0.05) is 13.8 Å². The van der Waals surface area contributed by atoms with E-state index in [2.05, 4.69) is 28.7 Å². The van der Waals surface area contributed by atoms with Crippen LogP contribution in [0, 0.1) is 5.92 Å². The van der Waals surface area contributed by atoms with Crippen LogP contribution in [0.15, 0.2) is 18.7 Å². The second-order valence-electron chi connectivity index (χ2n) is 7.34. The summed E-state index contributed by atoms with van der Waals surface area (Å²) < 4.78 is 7.59. The number of imidazole rings is 1. The Morgan fingerprint density at radius 1 is 1.21 bits per heavy atom. The highest BCUT2D eigenvalue weighted by Gasteiger charge is 2.32. The van der Waals surface area contributed by atoms with Crippen LogP contribution in [0.4, 0.5) is 0 Å². The van der Waals surface area contributed by atoms with Crippen LogP contribution in [0.25, 0.3) is 0 Å². The van der Waals surface area contributed by atoms with Gasteiger partial charge in [-0.15, -0.1) is 0 Å². The van der Waals surface area contributed by atoms with Crippen molar-refractivity contribution in [2.75, 3.05) is 26.3 Å². The number of hydrogen-bond donors (Lipinski definition) is 1. The monoisotopic (exact) mass is 334 g/mol. The van der Waals surface area contributed by atoms with E-state index in [4.69, 9.17) is 4.74 Å². The Hall–Kier alpha value is -1.40. The molecule has 0 bridgehead atoms. The molecule has 3 heterocycles. The number of piperidine rings is 1. The molecule has 6 heteroatoms. The van der Waals surface area contributed by atoms with Gasteiger partial charge < -0.3 is 19.5 Å². The molecule has 134 valence electrons.